The first-order valence-electron chi connectivity index (χ1n) is 9.71. The molecule has 0 bridgehead atoms. The van der Waals surface area contributed by atoms with Crippen LogP contribution in [0.3, 0.4) is 0 Å². The summed E-state index contributed by atoms with van der Waals surface area (Å²) in [6.07, 6.45) is -0.599. The molecule has 33 heavy (non-hydrogen) atoms. The number of benzene rings is 1. The van der Waals surface area contributed by atoms with E-state index in [9.17, 15) is 9.59 Å². The van der Waals surface area contributed by atoms with Gasteiger partial charge >= 0.3 is 11.7 Å². The van der Waals surface area contributed by atoms with Crippen molar-refractivity contribution in [1.29, 1.82) is 0 Å². The van der Waals surface area contributed by atoms with Gasteiger partial charge in [0.05, 0.1) is 12.9 Å². The summed E-state index contributed by atoms with van der Waals surface area (Å²) in [6, 6.07) is 8.53. The molecule has 9 nitrogen and oxygen atoms in total. The SMILES string of the molecule is COC(=O)Nc1ccc2c(CSc3nnc(CSc4nc(C)cc(C)n4)s3)cc(=O)oc2c1. The minimum Gasteiger partial charge on any atom is -0.453 e. The van der Waals surface area contributed by atoms with Gasteiger partial charge in [0.15, 0.2) is 9.50 Å². The topological polar surface area (TPSA) is 120 Å². The second-order valence-corrected chi connectivity index (χ2v) is 10.1. The monoisotopic (exact) mass is 501 g/mol. The van der Waals surface area contributed by atoms with Gasteiger partial charge in [-0.15, -0.1) is 10.2 Å². The molecular weight excluding hydrogens is 482 g/mol. The van der Waals surface area contributed by atoms with Crippen molar-refractivity contribution in [2.45, 2.75) is 34.8 Å². The molecule has 0 aliphatic carbocycles. The van der Waals surface area contributed by atoms with Gasteiger partial charge in [-0.25, -0.2) is 19.6 Å². The number of nitrogens with one attached hydrogen (secondary N) is 1. The molecule has 12 heteroatoms. The molecule has 1 aromatic carbocycles. The number of nitrogens with zero attached hydrogens (tertiary/aromatic N) is 4. The molecule has 1 amide bonds. The number of aromatic nitrogens is 4. The van der Waals surface area contributed by atoms with Crippen molar-refractivity contribution in [2.24, 2.45) is 0 Å². The smallest absolute Gasteiger partial charge is 0.411 e. The van der Waals surface area contributed by atoms with Crippen molar-refractivity contribution < 1.29 is 13.9 Å². The van der Waals surface area contributed by atoms with E-state index >= 15 is 0 Å². The van der Waals surface area contributed by atoms with Crippen molar-refractivity contribution in [1.82, 2.24) is 20.2 Å². The molecule has 0 saturated carbocycles. The fourth-order valence-electron chi connectivity index (χ4n) is 2.97. The Balaban J connectivity index is 1.43. The number of thioether (sulfide) groups is 2. The van der Waals surface area contributed by atoms with Crippen LogP contribution < -0.4 is 10.9 Å². The van der Waals surface area contributed by atoms with Gasteiger partial charge in [-0.1, -0.05) is 34.9 Å². The lowest BCUT2D eigenvalue weighted by molar-refractivity contribution is 0.187. The minimum atomic E-state index is -0.599. The van der Waals surface area contributed by atoms with Crippen molar-refractivity contribution in [2.75, 3.05) is 12.4 Å². The zero-order valence-corrected chi connectivity index (χ0v) is 20.4. The quantitative estimate of drug-likeness (QED) is 0.214. The fourth-order valence-corrected chi connectivity index (χ4v) is 5.80. The Morgan fingerprint density at radius 2 is 1.88 bits per heavy atom. The molecule has 0 radical (unpaired) electrons. The summed E-state index contributed by atoms with van der Waals surface area (Å²) in [5.74, 6) is 1.16. The molecule has 3 heterocycles. The van der Waals surface area contributed by atoms with Gasteiger partial charge < -0.3 is 9.15 Å². The lowest BCUT2D eigenvalue weighted by Gasteiger charge is -2.07. The lowest BCUT2D eigenvalue weighted by Crippen LogP contribution is -2.11. The first kappa shape index (κ1) is 23.2. The number of hydrogen-bond donors (Lipinski definition) is 1. The van der Waals surface area contributed by atoms with Crippen LogP contribution in [0.4, 0.5) is 10.5 Å². The second kappa shape index (κ2) is 10.3. The number of ether oxygens (including phenoxy) is 1. The molecule has 0 aliphatic heterocycles. The molecule has 0 fully saturated rings. The average molecular weight is 502 g/mol. The molecule has 0 spiro atoms. The Bertz CT molecular complexity index is 1350. The standard InChI is InChI=1S/C21H19N5O4S3/c1-11-6-12(2)23-19(22-11)31-10-17-25-26-21(33-17)32-9-13-7-18(27)30-16-8-14(4-5-15(13)16)24-20(28)29-3/h4-8H,9-10H2,1-3H3,(H,24,28). The molecule has 0 atom stereocenters. The lowest BCUT2D eigenvalue weighted by atomic mass is 10.1. The summed E-state index contributed by atoms with van der Waals surface area (Å²) >= 11 is 4.52. The number of carbonyl (C=O) groups is 1. The number of carbonyl (C=O) groups excluding carboxylic acids is 1. The van der Waals surface area contributed by atoms with Crippen molar-refractivity contribution >= 4 is 57.6 Å². The molecule has 0 saturated heterocycles. The van der Waals surface area contributed by atoms with E-state index in [1.165, 1.54) is 48.0 Å². The van der Waals surface area contributed by atoms with Crippen molar-refractivity contribution in [3.05, 3.63) is 62.7 Å². The van der Waals surface area contributed by atoms with Crippen LogP contribution in [0.1, 0.15) is 22.0 Å². The molecule has 3 aromatic heterocycles. The summed E-state index contributed by atoms with van der Waals surface area (Å²) in [4.78, 5) is 32.3. The summed E-state index contributed by atoms with van der Waals surface area (Å²) in [7, 11) is 1.28. The van der Waals surface area contributed by atoms with Gasteiger partial charge in [-0.05, 0) is 37.6 Å². The molecular formula is C21H19N5O4S3. The third kappa shape index (κ3) is 6.09. The van der Waals surface area contributed by atoms with Crippen LogP contribution >= 0.6 is 34.9 Å². The van der Waals surface area contributed by atoms with Crippen LogP contribution in [0.5, 0.6) is 0 Å². The van der Waals surface area contributed by atoms with Crippen LogP contribution in [0, 0.1) is 13.8 Å². The Kier molecular flexibility index (Phi) is 7.26. The molecule has 170 valence electrons. The number of aryl methyl sites for hydroxylation is 2. The zero-order chi connectivity index (χ0) is 23.4. The zero-order valence-electron chi connectivity index (χ0n) is 17.9. The summed E-state index contributed by atoms with van der Waals surface area (Å²) < 4.78 is 10.7. The first-order valence-corrected chi connectivity index (χ1v) is 12.5. The minimum absolute atomic E-state index is 0.384. The maximum atomic E-state index is 12.0. The van der Waals surface area contributed by atoms with Gasteiger partial charge in [-0.3, -0.25) is 5.32 Å². The highest BCUT2D eigenvalue weighted by atomic mass is 32.2. The van der Waals surface area contributed by atoms with E-state index in [0.29, 0.717) is 22.8 Å². The molecule has 4 rings (SSSR count). The van der Waals surface area contributed by atoms with E-state index < -0.39 is 11.7 Å². The van der Waals surface area contributed by atoms with Crippen LogP contribution in [0.15, 0.2) is 49.0 Å². The number of amides is 1. The Morgan fingerprint density at radius 1 is 1.09 bits per heavy atom. The molecule has 0 aliphatic rings. The first-order chi connectivity index (χ1) is 15.9. The number of hydrogen-bond acceptors (Lipinski definition) is 11. The van der Waals surface area contributed by atoms with E-state index in [2.05, 4.69) is 30.2 Å². The normalized spacial score (nSPS) is 11.0. The Morgan fingerprint density at radius 3 is 2.64 bits per heavy atom. The van der Waals surface area contributed by atoms with Gasteiger partial charge in [-0.2, -0.15) is 0 Å². The third-order valence-corrected chi connectivity index (χ3v) is 7.49. The van der Waals surface area contributed by atoms with E-state index in [4.69, 9.17) is 4.42 Å². The third-order valence-electron chi connectivity index (χ3n) is 4.35. The van der Waals surface area contributed by atoms with Gasteiger partial charge in [0.2, 0.25) is 0 Å². The highest BCUT2D eigenvalue weighted by Gasteiger charge is 2.12. The predicted molar refractivity (Wildman–Crippen MR) is 129 cm³/mol. The maximum absolute atomic E-state index is 12.0. The second-order valence-electron chi connectivity index (χ2n) is 6.89. The molecule has 4 aromatic rings. The maximum Gasteiger partial charge on any atom is 0.411 e. The summed E-state index contributed by atoms with van der Waals surface area (Å²) in [5, 5.41) is 13.4. The predicted octanol–water partition coefficient (Wildman–Crippen LogP) is 4.81. The van der Waals surface area contributed by atoms with Crippen LogP contribution in [-0.4, -0.2) is 33.4 Å². The highest BCUT2D eigenvalue weighted by molar-refractivity contribution is 8.00. The molecule has 1 N–H and O–H groups in total. The number of anilines is 1. The Labute approximate surface area is 201 Å². The largest absolute Gasteiger partial charge is 0.453 e. The van der Waals surface area contributed by atoms with Crippen molar-refractivity contribution in [3.63, 3.8) is 0 Å². The number of fused-ring (bicyclic) bond motifs is 1. The average Bonchev–Trinajstić information content (AvgIpc) is 3.23. The summed E-state index contributed by atoms with van der Waals surface area (Å²) in [5.41, 5.74) is 3.08. The van der Waals surface area contributed by atoms with Gasteiger partial charge in [0, 0.05) is 40.3 Å². The van der Waals surface area contributed by atoms with Crippen LogP contribution in [-0.2, 0) is 16.2 Å². The fraction of sp³-hybridized carbons (Fsp3) is 0.238. The van der Waals surface area contributed by atoms with E-state index in [1.807, 2.05) is 19.9 Å². The Hall–Kier alpha value is -2.96. The van der Waals surface area contributed by atoms with Crippen LogP contribution in [0.25, 0.3) is 11.0 Å². The van der Waals surface area contributed by atoms with Crippen LogP contribution in [0.2, 0.25) is 0 Å². The van der Waals surface area contributed by atoms with E-state index in [1.54, 1.807) is 18.2 Å². The van der Waals surface area contributed by atoms with Gasteiger partial charge in [0.25, 0.3) is 0 Å². The molecule has 0 unspecified atom stereocenters. The number of rotatable bonds is 7. The van der Waals surface area contributed by atoms with Crippen molar-refractivity contribution in [3.8, 4) is 0 Å². The number of methoxy groups -OCH3 is 1. The van der Waals surface area contributed by atoms with E-state index in [-0.39, 0.29) is 0 Å². The summed E-state index contributed by atoms with van der Waals surface area (Å²) in [6.45, 7) is 3.89. The van der Waals surface area contributed by atoms with E-state index in [0.717, 1.165) is 36.8 Å². The highest BCUT2D eigenvalue weighted by Crippen LogP contribution is 2.31. The van der Waals surface area contributed by atoms with Gasteiger partial charge in [0.1, 0.15) is 10.6 Å².